The number of esters is 2. The second kappa shape index (κ2) is 7.03. The van der Waals surface area contributed by atoms with Gasteiger partial charge in [0.05, 0.1) is 0 Å². The fraction of sp³-hybridized carbons (Fsp3) is 0.750. The van der Waals surface area contributed by atoms with E-state index in [0.29, 0.717) is 25.2 Å². The summed E-state index contributed by atoms with van der Waals surface area (Å²) in [6.45, 7) is 8.84. The third-order valence-electron chi connectivity index (χ3n) is 8.85. The van der Waals surface area contributed by atoms with Crippen LogP contribution < -0.4 is 0 Å². The van der Waals surface area contributed by atoms with E-state index >= 15 is 0 Å². The van der Waals surface area contributed by atoms with E-state index in [1.807, 2.05) is 6.92 Å². The topological polar surface area (TPSA) is 86.7 Å². The van der Waals surface area contributed by atoms with Crippen LogP contribution in [0.3, 0.4) is 0 Å². The Kier molecular flexibility index (Phi) is 4.98. The van der Waals surface area contributed by atoms with E-state index in [4.69, 9.17) is 9.47 Å². The average Bonchev–Trinajstić information content (AvgIpc) is 2.69. The molecule has 2 bridgehead atoms. The molecule has 6 heteroatoms. The van der Waals surface area contributed by atoms with Gasteiger partial charge in [0.15, 0.2) is 0 Å². The summed E-state index contributed by atoms with van der Waals surface area (Å²) < 4.78 is 11.8. The maximum absolute atomic E-state index is 12.9. The molecule has 30 heavy (non-hydrogen) atoms. The molecule has 8 atom stereocenters. The number of ether oxygens (including phenoxy) is 2. The number of hydrogen-bond donors (Lipinski definition) is 0. The molecule has 0 N–H and O–H groups in total. The van der Waals surface area contributed by atoms with Crippen molar-refractivity contribution in [2.75, 3.05) is 0 Å². The monoisotopic (exact) mass is 416 g/mol. The lowest BCUT2D eigenvalue weighted by atomic mass is 9.35. The summed E-state index contributed by atoms with van der Waals surface area (Å²) in [7, 11) is 0. The van der Waals surface area contributed by atoms with Gasteiger partial charge in [0.25, 0.3) is 0 Å². The summed E-state index contributed by atoms with van der Waals surface area (Å²) in [5, 5.41) is 0. The fourth-order valence-electron chi connectivity index (χ4n) is 7.91. The van der Waals surface area contributed by atoms with E-state index in [0.717, 1.165) is 43.8 Å². The van der Waals surface area contributed by atoms with Gasteiger partial charge in [0.2, 0.25) is 0 Å². The summed E-state index contributed by atoms with van der Waals surface area (Å²) in [6.07, 6.45) is 5.74. The molecule has 0 saturated heterocycles. The Hall–Kier alpha value is -1.98. The van der Waals surface area contributed by atoms with Gasteiger partial charge in [-0.3, -0.25) is 9.59 Å². The van der Waals surface area contributed by atoms with Crippen LogP contribution >= 0.6 is 0 Å². The highest BCUT2D eigenvalue weighted by Crippen LogP contribution is 2.72. The van der Waals surface area contributed by atoms with Gasteiger partial charge in [-0.1, -0.05) is 25.5 Å². The summed E-state index contributed by atoms with van der Waals surface area (Å²) in [5.74, 6) is -1.11. The van der Waals surface area contributed by atoms with Crippen LogP contribution in [-0.2, 0) is 28.7 Å². The predicted molar refractivity (Wildman–Crippen MR) is 108 cm³/mol. The number of hydrogen-bond acceptors (Lipinski definition) is 6. The Morgan fingerprint density at radius 3 is 2.33 bits per heavy atom. The molecule has 0 radical (unpaired) electrons. The SMILES string of the molecule is C=C1C[C@]23CC[C@H]1C[C@@H]2[C@]1(C=O)CCC[C@@](C)(C=O)[C@@H]1[C@H](OC(C)=O)[C@H]3OC(C)=O. The molecule has 0 aromatic carbocycles. The van der Waals surface area contributed by atoms with E-state index < -0.39 is 46.3 Å². The van der Waals surface area contributed by atoms with Crippen LogP contribution in [0.1, 0.15) is 65.7 Å². The van der Waals surface area contributed by atoms with E-state index in [-0.39, 0.29) is 5.92 Å². The summed E-state index contributed by atoms with van der Waals surface area (Å²) in [6, 6.07) is 0. The first kappa shape index (κ1) is 21.3. The summed E-state index contributed by atoms with van der Waals surface area (Å²) in [4.78, 5) is 49.6. The van der Waals surface area contributed by atoms with Gasteiger partial charge in [-0.25, -0.2) is 0 Å². The van der Waals surface area contributed by atoms with Gasteiger partial charge in [0.1, 0.15) is 24.8 Å². The number of carbonyl (C=O) groups excluding carboxylic acids is 4. The molecular weight excluding hydrogens is 384 g/mol. The van der Waals surface area contributed by atoms with E-state index in [9.17, 15) is 19.2 Å². The molecule has 5 rings (SSSR count). The molecule has 5 saturated carbocycles. The smallest absolute Gasteiger partial charge is 0.303 e. The zero-order chi connectivity index (χ0) is 21.9. The van der Waals surface area contributed by atoms with Crippen molar-refractivity contribution >= 4 is 24.5 Å². The van der Waals surface area contributed by atoms with Crippen molar-refractivity contribution in [3.8, 4) is 0 Å². The van der Waals surface area contributed by atoms with Crippen LogP contribution in [0.2, 0.25) is 0 Å². The highest BCUT2D eigenvalue weighted by molar-refractivity contribution is 5.71. The Labute approximate surface area is 177 Å². The van der Waals surface area contributed by atoms with Gasteiger partial charge in [-0.05, 0) is 50.4 Å². The molecule has 0 amide bonds. The van der Waals surface area contributed by atoms with Crippen molar-refractivity contribution in [1.29, 1.82) is 0 Å². The number of rotatable bonds is 4. The first-order valence-corrected chi connectivity index (χ1v) is 11.1. The van der Waals surface area contributed by atoms with Crippen molar-refractivity contribution in [2.24, 2.45) is 34.0 Å². The lowest BCUT2D eigenvalue weighted by molar-refractivity contribution is -0.268. The lowest BCUT2D eigenvalue weighted by Gasteiger charge is -2.69. The van der Waals surface area contributed by atoms with Crippen LogP contribution in [0.15, 0.2) is 12.2 Å². The van der Waals surface area contributed by atoms with Crippen LogP contribution in [0, 0.1) is 34.0 Å². The highest BCUT2D eigenvalue weighted by Gasteiger charge is 2.73. The zero-order valence-corrected chi connectivity index (χ0v) is 18.1. The normalized spacial score (nSPS) is 46.9. The third kappa shape index (κ3) is 2.75. The average molecular weight is 417 g/mol. The van der Waals surface area contributed by atoms with Gasteiger partial charge in [-0.15, -0.1) is 0 Å². The first-order valence-electron chi connectivity index (χ1n) is 11.1. The number of fused-ring (bicyclic) bond motifs is 3. The van der Waals surface area contributed by atoms with Crippen molar-refractivity contribution in [1.82, 2.24) is 0 Å². The molecule has 0 aromatic rings. The maximum atomic E-state index is 12.9. The quantitative estimate of drug-likeness (QED) is 0.396. The van der Waals surface area contributed by atoms with Crippen molar-refractivity contribution in [3.63, 3.8) is 0 Å². The Bertz CT molecular complexity index is 804. The largest absolute Gasteiger partial charge is 0.458 e. The van der Waals surface area contributed by atoms with Gasteiger partial charge >= 0.3 is 11.9 Å². The minimum atomic E-state index is -0.828. The van der Waals surface area contributed by atoms with Gasteiger partial charge in [0, 0.05) is 36.0 Å². The molecule has 6 nitrogen and oxygen atoms in total. The van der Waals surface area contributed by atoms with E-state index in [2.05, 4.69) is 6.58 Å². The second-order valence-corrected chi connectivity index (χ2v) is 10.4. The van der Waals surface area contributed by atoms with Gasteiger partial charge in [-0.2, -0.15) is 0 Å². The molecule has 0 heterocycles. The van der Waals surface area contributed by atoms with Crippen LogP contribution in [0.4, 0.5) is 0 Å². The molecule has 0 unspecified atom stereocenters. The standard InChI is InChI=1S/C24H32O6/c1-14-11-23-9-6-17(14)10-18(23)24(13-26)8-5-7-22(4,12-25)20(24)19(29-15(2)27)21(23)30-16(3)28/h12-13,17-21H,1,5-11H2,2-4H3/t17-,18-,19-,20-,21+,22-,23+,24+/m0/s1. The Morgan fingerprint density at radius 1 is 1.07 bits per heavy atom. The van der Waals surface area contributed by atoms with E-state index in [1.54, 1.807) is 0 Å². The number of carbonyl (C=O) groups is 4. The van der Waals surface area contributed by atoms with Crippen LogP contribution in [0.25, 0.3) is 0 Å². The van der Waals surface area contributed by atoms with Crippen LogP contribution in [-0.4, -0.2) is 36.7 Å². The molecule has 0 aliphatic heterocycles. The van der Waals surface area contributed by atoms with Crippen LogP contribution in [0.5, 0.6) is 0 Å². The molecular formula is C24H32O6. The predicted octanol–water partition coefficient (Wildman–Crippen LogP) is 3.42. The molecule has 5 fully saturated rings. The summed E-state index contributed by atoms with van der Waals surface area (Å²) in [5.41, 5.74) is -0.961. The second-order valence-electron chi connectivity index (χ2n) is 10.4. The third-order valence-corrected chi connectivity index (χ3v) is 8.85. The molecule has 5 aliphatic carbocycles. The highest BCUT2D eigenvalue weighted by atomic mass is 16.6. The Balaban J connectivity index is 1.96. The van der Waals surface area contributed by atoms with Crippen molar-refractivity contribution in [3.05, 3.63) is 12.2 Å². The maximum Gasteiger partial charge on any atom is 0.303 e. The number of aldehydes is 2. The minimum Gasteiger partial charge on any atom is -0.458 e. The van der Waals surface area contributed by atoms with E-state index in [1.165, 1.54) is 13.8 Å². The molecule has 0 aromatic heterocycles. The first-order chi connectivity index (χ1) is 14.1. The molecule has 1 spiro atoms. The lowest BCUT2D eigenvalue weighted by Crippen LogP contribution is -2.73. The van der Waals surface area contributed by atoms with Crippen molar-refractivity contribution in [2.45, 2.75) is 77.9 Å². The zero-order valence-electron chi connectivity index (χ0n) is 18.1. The molecule has 164 valence electrons. The Morgan fingerprint density at radius 2 is 1.77 bits per heavy atom. The number of allylic oxidation sites excluding steroid dienone is 1. The van der Waals surface area contributed by atoms with Crippen molar-refractivity contribution < 1.29 is 28.7 Å². The minimum absolute atomic E-state index is 0.0208. The van der Waals surface area contributed by atoms with Gasteiger partial charge < -0.3 is 19.1 Å². The molecule has 5 aliphatic rings. The summed E-state index contributed by atoms with van der Waals surface area (Å²) >= 11 is 0. The fourth-order valence-corrected chi connectivity index (χ4v) is 7.91.